The van der Waals surface area contributed by atoms with Crippen LogP contribution in [0.1, 0.15) is 37.7 Å². The van der Waals surface area contributed by atoms with Crippen LogP contribution in [-0.4, -0.2) is 24.0 Å². The average molecular weight is 273 g/mol. The number of rotatable bonds is 10. The highest BCUT2D eigenvalue weighted by molar-refractivity contribution is 5.75. The van der Waals surface area contributed by atoms with Crippen molar-refractivity contribution in [3.05, 3.63) is 30.1 Å². The fourth-order valence-corrected chi connectivity index (χ4v) is 1.78. The van der Waals surface area contributed by atoms with Crippen LogP contribution in [0.3, 0.4) is 0 Å². The van der Waals surface area contributed by atoms with Crippen molar-refractivity contribution in [2.45, 2.75) is 38.6 Å². The van der Waals surface area contributed by atoms with Crippen LogP contribution in [-0.2, 0) is 11.3 Å². The fraction of sp³-hybridized carbons (Fsp3) is 0.500. The van der Waals surface area contributed by atoms with Gasteiger partial charge in [-0.25, -0.2) is 0 Å². The van der Waals surface area contributed by atoms with Crippen molar-refractivity contribution in [1.82, 2.24) is 15.6 Å². The Hall–Kier alpha value is -1.86. The monoisotopic (exact) mass is 273 g/mol. The molecular formula is C16H23N3O. The molecule has 4 heteroatoms. The molecule has 0 aliphatic heterocycles. The fourth-order valence-electron chi connectivity index (χ4n) is 1.78. The molecule has 0 aromatic carbocycles. The lowest BCUT2D eigenvalue weighted by Gasteiger charge is -2.06. The minimum Gasteiger partial charge on any atom is -0.356 e. The number of aromatic nitrogens is 1. The van der Waals surface area contributed by atoms with E-state index in [9.17, 15) is 4.79 Å². The van der Waals surface area contributed by atoms with Gasteiger partial charge >= 0.3 is 0 Å². The number of nitrogens with one attached hydrogen (secondary N) is 2. The van der Waals surface area contributed by atoms with Gasteiger partial charge < -0.3 is 10.6 Å². The lowest BCUT2D eigenvalue weighted by molar-refractivity contribution is -0.121. The standard InChI is InChI=1S/C16H23N3O/c1-2-3-4-5-9-16(20)19-12-7-11-18-14-15-8-6-10-17-13-15/h1,6,8,10,13,18H,3-5,7,9,11-12,14H2,(H,19,20). The van der Waals surface area contributed by atoms with Gasteiger partial charge in [0.2, 0.25) is 5.91 Å². The number of hydrogen-bond donors (Lipinski definition) is 2. The van der Waals surface area contributed by atoms with E-state index in [0.717, 1.165) is 38.8 Å². The molecular weight excluding hydrogens is 250 g/mol. The van der Waals surface area contributed by atoms with Crippen LogP contribution >= 0.6 is 0 Å². The van der Waals surface area contributed by atoms with Crippen LogP contribution in [0.2, 0.25) is 0 Å². The average Bonchev–Trinajstić information content (AvgIpc) is 2.48. The van der Waals surface area contributed by atoms with Gasteiger partial charge in [0.05, 0.1) is 0 Å². The quantitative estimate of drug-likeness (QED) is 0.505. The third-order valence-corrected chi connectivity index (χ3v) is 2.88. The lowest BCUT2D eigenvalue weighted by Crippen LogP contribution is -2.27. The molecule has 1 rings (SSSR count). The Morgan fingerprint density at radius 3 is 2.95 bits per heavy atom. The first-order valence-corrected chi connectivity index (χ1v) is 7.12. The van der Waals surface area contributed by atoms with E-state index >= 15 is 0 Å². The van der Waals surface area contributed by atoms with Crippen molar-refractivity contribution in [3.8, 4) is 12.3 Å². The van der Waals surface area contributed by atoms with Crippen molar-refractivity contribution in [1.29, 1.82) is 0 Å². The molecule has 0 saturated carbocycles. The highest BCUT2D eigenvalue weighted by Crippen LogP contribution is 1.98. The predicted octanol–water partition coefficient (Wildman–Crippen LogP) is 1.87. The first kappa shape index (κ1) is 16.2. The second kappa shape index (κ2) is 11.0. The highest BCUT2D eigenvalue weighted by Gasteiger charge is 1.99. The maximum Gasteiger partial charge on any atom is 0.219 e. The van der Waals surface area contributed by atoms with Crippen LogP contribution in [0.25, 0.3) is 0 Å². The summed E-state index contributed by atoms with van der Waals surface area (Å²) in [5, 5.41) is 6.24. The molecule has 2 N–H and O–H groups in total. The first-order chi connectivity index (χ1) is 9.83. The molecule has 1 heterocycles. The third-order valence-electron chi connectivity index (χ3n) is 2.88. The summed E-state index contributed by atoms with van der Waals surface area (Å²) < 4.78 is 0. The minimum atomic E-state index is 0.120. The molecule has 4 nitrogen and oxygen atoms in total. The van der Waals surface area contributed by atoms with E-state index in [0.29, 0.717) is 13.0 Å². The Morgan fingerprint density at radius 1 is 1.30 bits per heavy atom. The molecule has 0 unspecified atom stereocenters. The van der Waals surface area contributed by atoms with E-state index in [4.69, 9.17) is 6.42 Å². The number of amides is 1. The van der Waals surface area contributed by atoms with Crippen molar-refractivity contribution >= 4 is 5.91 Å². The molecule has 1 amide bonds. The lowest BCUT2D eigenvalue weighted by atomic mass is 10.2. The molecule has 0 aliphatic carbocycles. The Morgan fingerprint density at radius 2 is 2.20 bits per heavy atom. The minimum absolute atomic E-state index is 0.120. The molecule has 0 radical (unpaired) electrons. The number of carbonyl (C=O) groups excluding carboxylic acids is 1. The first-order valence-electron chi connectivity index (χ1n) is 7.12. The number of nitrogens with zero attached hydrogens (tertiary/aromatic N) is 1. The van der Waals surface area contributed by atoms with Crippen LogP contribution in [0, 0.1) is 12.3 Å². The summed E-state index contributed by atoms with van der Waals surface area (Å²) in [6.45, 7) is 2.41. The number of pyridine rings is 1. The van der Waals surface area contributed by atoms with Gasteiger partial charge in [0, 0.05) is 38.3 Å². The molecule has 0 fully saturated rings. The van der Waals surface area contributed by atoms with Crippen molar-refractivity contribution in [2.75, 3.05) is 13.1 Å². The van der Waals surface area contributed by atoms with E-state index in [-0.39, 0.29) is 5.91 Å². The SMILES string of the molecule is C#CCCCCC(=O)NCCCNCc1cccnc1. The molecule has 1 aromatic heterocycles. The van der Waals surface area contributed by atoms with E-state index in [1.165, 1.54) is 5.56 Å². The van der Waals surface area contributed by atoms with E-state index in [2.05, 4.69) is 21.5 Å². The van der Waals surface area contributed by atoms with Gasteiger partial charge in [0.15, 0.2) is 0 Å². The summed E-state index contributed by atoms with van der Waals surface area (Å²) >= 11 is 0. The zero-order valence-electron chi connectivity index (χ0n) is 11.9. The van der Waals surface area contributed by atoms with Crippen molar-refractivity contribution in [3.63, 3.8) is 0 Å². The Bertz CT molecular complexity index is 411. The summed E-state index contributed by atoms with van der Waals surface area (Å²) in [5.41, 5.74) is 1.17. The van der Waals surface area contributed by atoms with Gasteiger partial charge in [-0.1, -0.05) is 6.07 Å². The topological polar surface area (TPSA) is 54.0 Å². The summed E-state index contributed by atoms with van der Waals surface area (Å²) in [6, 6.07) is 3.97. The zero-order valence-corrected chi connectivity index (χ0v) is 11.9. The van der Waals surface area contributed by atoms with Gasteiger partial charge in [0.25, 0.3) is 0 Å². The predicted molar refractivity (Wildman–Crippen MR) is 80.9 cm³/mol. The molecule has 20 heavy (non-hydrogen) atoms. The zero-order chi connectivity index (χ0) is 14.5. The van der Waals surface area contributed by atoms with Gasteiger partial charge in [0.1, 0.15) is 0 Å². The van der Waals surface area contributed by atoms with Crippen molar-refractivity contribution < 1.29 is 4.79 Å². The molecule has 0 saturated heterocycles. The van der Waals surface area contributed by atoms with Gasteiger partial charge in [-0.3, -0.25) is 9.78 Å². The number of unbranched alkanes of at least 4 members (excludes halogenated alkanes) is 2. The Labute approximate surface area is 121 Å². The van der Waals surface area contributed by atoms with E-state index < -0.39 is 0 Å². The molecule has 0 bridgehead atoms. The molecule has 0 spiro atoms. The number of terminal acetylenes is 1. The van der Waals surface area contributed by atoms with Crippen LogP contribution in [0.15, 0.2) is 24.5 Å². The summed E-state index contributed by atoms with van der Waals surface area (Å²) in [6.07, 6.45) is 12.8. The highest BCUT2D eigenvalue weighted by atomic mass is 16.1. The second-order valence-electron chi connectivity index (χ2n) is 4.65. The Balaban J connectivity index is 1.92. The summed E-state index contributed by atoms with van der Waals surface area (Å²) in [5.74, 6) is 2.70. The van der Waals surface area contributed by atoms with Crippen LogP contribution < -0.4 is 10.6 Å². The Kier molecular flexibility index (Phi) is 8.91. The van der Waals surface area contributed by atoms with Gasteiger partial charge in [-0.15, -0.1) is 12.3 Å². The number of carbonyl (C=O) groups is 1. The van der Waals surface area contributed by atoms with Crippen LogP contribution in [0.5, 0.6) is 0 Å². The van der Waals surface area contributed by atoms with E-state index in [1.807, 2.05) is 18.3 Å². The van der Waals surface area contributed by atoms with Crippen molar-refractivity contribution in [2.24, 2.45) is 0 Å². The molecule has 0 atom stereocenters. The third kappa shape index (κ3) is 8.28. The van der Waals surface area contributed by atoms with E-state index in [1.54, 1.807) is 6.20 Å². The largest absolute Gasteiger partial charge is 0.356 e. The second-order valence-corrected chi connectivity index (χ2v) is 4.65. The molecule has 108 valence electrons. The normalized spacial score (nSPS) is 9.95. The maximum atomic E-state index is 11.5. The maximum absolute atomic E-state index is 11.5. The van der Waals surface area contributed by atoms with Gasteiger partial charge in [-0.2, -0.15) is 0 Å². The van der Waals surface area contributed by atoms with Gasteiger partial charge in [-0.05, 0) is 37.4 Å². The summed E-state index contributed by atoms with van der Waals surface area (Å²) in [4.78, 5) is 15.5. The molecule has 1 aromatic rings. The summed E-state index contributed by atoms with van der Waals surface area (Å²) in [7, 11) is 0. The molecule has 0 aliphatic rings. The van der Waals surface area contributed by atoms with Crippen LogP contribution in [0.4, 0.5) is 0 Å². The smallest absolute Gasteiger partial charge is 0.219 e. The number of hydrogen-bond acceptors (Lipinski definition) is 3.